The quantitative estimate of drug-likeness (QED) is 0.163. The Balaban J connectivity index is 0.973. The van der Waals surface area contributed by atoms with Crippen molar-refractivity contribution in [2.75, 3.05) is 0 Å². The van der Waals surface area contributed by atoms with Crippen molar-refractivity contribution < 1.29 is 0 Å². The molecule has 0 fully saturated rings. The van der Waals surface area contributed by atoms with Crippen LogP contribution in [0.1, 0.15) is 0 Å². The van der Waals surface area contributed by atoms with Gasteiger partial charge in [0.15, 0.2) is 5.82 Å². The summed E-state index contributed by atoms with van der Waals surface area (Å²) < 4.78 is 0. The fourth-order valence-corrected chi connectivity index (χ4v) is 9.98. The predicted molar refractivity (Wildman–Crippen MR) is 270 cm³/mol. The van der Waals surface area contributed by atoms with Crippen molar-refractivity contribution >= 4 is 75.5 Å². The van der Waals surface area contributed by atoms with Crippen molar-refractivity contribution in [2.45, 2.75) is 0 Å². The van der Waals surface area contributed by atoms with E-state index in [-0.39, 0.29) is 0 Å². The van der Waals surface area contributed by atoms with Crippen LogP contribution in [0.4, 0.5) is 0 Å². The molecule has 0 aliphatic heterocycles. The molecule has 0 N–H and O–H groups in total. The highest BCUT2D eigenvalue weighted by molar-refractivity contribution is 6.22. The van der Waals surface area contributed by atoms with Crippen molar-refractivity contribution in [3.63, 3.8) is 0 Å². The van der Waals surface area contributed by atoms with Gasteiger partial charge in [0.1, 0.15) is 0 Å². The normalized spacial score (nSPS) is 11.8. The van der Waals surface area contributed by atoms with Gasteiger partial charge in [-0.25, -0.2) is 15.0 Å². The molecule has 0 aliphatic rings. The predicted octanol–water partition coefficient (Wildman–Crippen LogP) is 16.3. The second-order valence-electron chi connectivity index (χ2n) is 16.7. The van der Waals surface area contributed by atoms with Gasteiger partial charge in [-0.2, -0.15) is 0 Å². The largest absolute Gasteiger partial charge is 0.247 e. The zero-order valence-electron chi connectivity index (χ0n) is 34.7. The first kappa shape index (κ1) is 36.2. The van der Waals surface area contributed by atoms with Gasteiger partial charge in [0.2, 0.25) is 0 Å². The van der Waals surface area contributed by atoms with E-state index in [0.717, 1.165) is 77.5 Å². The third kappa shape index (κ3) is 5.86. The molecule has 0 aliphatic carbocycles. The van der Waals surface area contributed by atoms with E-state index in [0.29, 0.717) is 5.82 Å². The number of nitrogens with zero attached hydrogens (tertiary/aromatic N) is 3. The summed E-state index contributed by atoms with van der Waals surface area (Å²) in [5, 5.41) is 15.5. The lowest BCUT2D eigenvalue weighted by molar-refractivity contribution is 1.19. The van der Waals surface area contributed by atoms with Gasteiger partial charge in [-0.05, 0) is 95.3 Å². The van der Waals surface area contributed by atoms with Crippen LogP contribution in [0.3, 0.4) is 0 Å². The molecule has 0 bridgehead atoms. The van der Waals surface area contributed by atoms with Crippen LogP contribution >= 0.6 is 0 Å². The first-order valence-corrected chi connectivity index (χ1v) is 21.8. The summed E-state index contributed by atoms with van der Waals surface area (Å²) in [7, 11) is 0. The number of hydrogen-bond acceptors (Lipinski definition) is 3. The fraction of sp³-hybridized carbons (Fsp3) is 0. The van der Waals surface area contributed by atoms with Crippen LogP contribution in [0, 0.1) is 0 Å². The summed E-state index contributed by atoms with van der Waals surface area (Å²) in [6, 6.07) is 80.4. The standard InChI is InChI=1S/C61H37N3/c1-6-21-47-39(14-1)32-33-53-59(47)52-26-11-12-27-56(52)62-60(53)40-30-28-38(29-31-40)41-17-13-18-44(34-41)57-37-58(54-35-42-15-2-4-19-45(42)48-22-7-9-24-50(48)54)64-61(63-57)55-36-43-16-3-5-20-46(43)49-23-8-10-25-51(49)55/h1-37H. The number of aromatic nitrogens is 3. The molecule has 64 heavy (non-hydrogen) atoms. The number of para-hydroxylation sites is 1. The summed E-state index contributed by atoms with van der Waals surface area (Å²) >= 11 is 0. The van der Waals surface area contributed by atoms with E-state index in [9.17, 15) is 0 Å². The molecule has 0 amide bonds. The van der Waals surface area contributed by atoms with E-state index in [1.165, 1.54) is 48.5 Å². The summed E-state index contributed by atoms with van der Waals surface area (Å²) in [6.45, 7) is 0. The van der Waals surface area contributed by atoms with Crippen molar-refractivity contribution in [2.24, 2.45) is 0 Å². The molecular formula is C61H37N3. The van der Waals surface area contributed by atoms with Crippen LogP contribution in [-0.2, 0) is 0 Å². The highest BCUT2D eigenvalue weighted by Gasteiger charge is 2.18. The molecule has 11 aromatic carbocycles. The summed E-state index contributed by atoms with van der Waals surface area (Å²) in [4.78, 5) is 16.2. The molecule has 0 spiro atoms. The van der Waals surface area contributed by atoms with Gasteiger partial charge in [0.05, 0.1) is 22.6 Å². The van der Waals surface area contributed by atoms with Crippen LogP contribution < -0.4 is 0 Å². The van der Waals surface area contributed by atoms with Crippen LogP contribution in [0.5, 0.6) is 0 Å². The molecule has 0 saturated carbocycles. The average Bonchev–Trinajstić information content (AvgIpc) is 3.37. The molecule has 2 heterocycles. The molecule has 0 unspecified atom stereocenters. The Hall–Kier alpha value is -8.53. The Bertz CT molecular complexity index is 3870. The zero-order valence-corrected chi connectivity index (χ0v) is 34.7. The second kappa shape index (κ2) is 14.5. The van der Waals surface area contributed by atoms with E-state index in [2.05, 4.69) is 224 Å². The van der Waals surface area contributed by atoms with Crippen molar-refractivity contribution in [1.29, 1.82) is 0 Å². The van der Waals surface area contributed by atoms with Crippen LogP contribution in [0.15, 0.2) is 224 Å². The smallest absolute Gasteiger partial charge is 0.161 e. The summed E-state index contributed by atoms with van der Waals surface area (Å²) in [5.74, 6) is 0.698. The van der Waals surface area contributed by atoms with Gasteiger partial charge in [-0.3, -0.25) is 0 Å². The van der Waals surface area contributed by atoms with Crippen LogP contribution in [-0.4, -0.2) is 15.0 Å². The third-order valence-corrected chi connectivity index (χ3v) is 13.0. The van der Waals surface area contributed by atoms with Gasteiger partial charge in [0, 0.05) is 38.4 Å². The molecule has 0 atom stereocenters. The lowest BCUT2D eigenvalue weighted by atomic mass is 9.93. The Morgan fingerprint density at radius 1 is 0.250 bits per heavy atom. The van der Waals surface area contributed by atoms with Crippen molar-refractivity contribution in [1.82, 2.24) is 15.0 Å². The lowest BCUT2D eigenvalue weighted by Gasteiger charge is -2.15. The van der Waals surface area contributed by atoms with Gasteiger partial charge < -0.3 is 0 Å². The fourth-order valence-electron chi connectivity index (χ4n) is 9.98. The molecule has 3 nitrogen and oxygen atoms in total. The van der Waals surface area contributed by atoms with Gasteiger partial charge in [-0.1, -0.05) is 194 Å². The minimum Gasteiger partial charge on any atom is -0.247 e. The maximum atomic E-state index is 5.47. The maximum absolute atomic E-state index is 5.47. The molecule has 3 heteroatoms. The minimum atomic E-state index is 0.698. The second-order valence-corrected chi connectivity index (χ2v) is 16.7. The first-order valence-electron chi connectivity index (χ1n) is 21.8. The molecule has 0 radical (unpaired) electrons. The van der Waals surface area contributed by atoms with Gasteiger partial charge in [-0.15, -0.1) is 0 Å². The van der Waals surface area contributed by atoms with Crippen molar-refractivity contribution in [3.05, 3.63) is 224 Å². The van der Waals surface area contributed by atoms with E-state index in [4.69, 9.17) is 15.0 Å². The van der Waals surface area contributed by atoms with E-state index in [1.54, 1.807) is 0 Å². The van der Waals surface area contributed by atoms with Crippen LogP contribution in [0.2, 0.25) is 0 Å². The monoisotopic (exact) mass is 811 g/mol. The Labute approximate surface area is 369 Å². The summed E-state index contributed by atoms with van der Waals surface area (Å²) in [6.07, 6.45) is 0. The molecule has 13 aromatic rings. The molecule has 296 valence electrons. The number of benzene rings is 11. The molecule has 2 aromatic heterocycles. The topological polar surface area (TPSA) is 38.7 Å². The molecule has 0 saturated heterocycles. The Morgan fingerprint density at radius 2 is 0.781 bits per heavy atom. The number of hydrogen-bond donors (Lipinski definition) is 0. The molecular weight excluding hydrogens is 775 g/mol. The number of fused-ring (bicyclic) bond motifs is 11. The van der Waals surface area contributed by atoms with Crippen LogP contribution in [0.25, 0.3) is 132 Å². The minimum absolute atomic E-state index is 0.698. The maximum Gasteiger partial charge on any atom is 0.161 e. The van der Waals surface area contributed by atoms with Gasteiger partial charge >= 0.3 is 0 Å². The average molecular weight is 812 g/mol. The Kier molecular flexibility index (Phi) is 8.22. The van der Waals surface area contributed by atoms with E-state index >= 15 is 0 Å². The zero-order chi connectivity index (χ0) is 42.1. The van der Waals surface area contributed by atoms with E-state index in [1.807, 2.05) is 0 Å². The summed E-state index contributed by atoms with van der Waals surface area (Å²) in [5.41, 5.74) is 10.2. The van der Waals surface area contributed by atoms with Gasteiger partial charge in [0.25, 0.3) is 0 Å². The van der Waals surface area contributed by atoms with Crippen molar-refractivity contribution in [3.8, 4) is 56.3 Å². The SMILES string of the molecule is c1cc(-c2ccc(-c3nc4ccccc4c4c3ccc3ccccc34)cc2)cc(-c2cc(-c3cc4ccccc4c4ccccc34)nc(-c3cc4ccccc4c4ccccc34)n2)c1. The third-order valence-electron chi connectivity index (χ3n) is 13.0. The number of pyridine rings is 1. The lowest BCUT2D eigenvalue weighted by Crippen LogP contribution is -1.98. The first-order chi connectivity index (χ1) is 31.7. The Morgan fingerprint density at radius 3 is 1.50 bits per heavy atom. The van der Waals surface area contributed by atoms with E-state index < -0.39 is 0 Å². The number of rotatable bonds is 5. The molecule has 13 rings (SSSR count). The highest BCUT2D eigenvalue weighted by atomic mass is 14.9. The highest BCUT2D eigenvalue weighted by Crippen LogP contribution is 2.41.